The van der Waals surface area contributed by atoms with Crippen LogP contribution in [0.5, 0.6) is 0 Å². The van der Waals surface area contributed by atoms with Crippen LogP contribution in [-0.4, -0.2) is 31.8 Å². The van der Waals surface area contributed by atoms with Crippen LogP contribution in [0, 0.1) is 6.92 Å². The van der Waals surface area contributed by atoms with Crippen molar-refractivity contribution in [1.29, 1.82) is 0 Å². The molecule has 0 aliphatic carbocycles. The van der Waals surface area contributed by atoms with Crippen molar-refractivity contribution in [3.05, 3.63) is 72.1 Å². The highest BCUT2D eigenvalue weighted by atomic mass is 19.1. The summed E-state index contributed by atoms with van der Waals surface area (Å²) in [5.41, 5.74) is 5.06. The Morgan fingerprint density at radius 2 is 2.11 bits per heavy atom. The Hall–Kier alpha value is -3.02. The second kappa shape index (κ2) is 7.31. The summed E-state index contributed by atoms with van der Waals surface area (Å²) in [5.74, 6) is 0. The second-order valence-corrected chi connectivity index (χ2v) is 7.08. The van der Waals surface area contributed by atoms with Gasteiger partial charge < -0.3 is 5.32 Å². The largest absolute Gasteiger partial charge is 0.382 e. The topological polar surface area (TPSA) is 55.1 Å². The molecule has 0 saturated carbocycles. The zero-order valence-electron chi connectivity index (χ0n) is 16.1. The molecule has 0 atom stereocenters. The van der Waals surface area contributed by atoms with Crippen LogP contribution in [0.15, 0.2) is 49.7 Å². The first-order valence-corrected chi connectivity index (χ1v) is 8.83. The van der Waals surface area contributed by atoms with Gasteiger partial charge in [0, 0.05) is 41.5 Å². The Balaban J connectivity index is 2.00. The normalized spacial score (nSPS) is 12.4. The van der Waals surface area contributed by atoms with Gasteiger partial charge in [0.1, 0.15) is 12.0 Å². The van der Waals surface area contributed by atoms with Crippen LogP contribution in [0.3, 0.4) is 0 Å². The van der Waals surface area contributed by atoms with E-state index in [-0.39, 0.29) is 6.54 Å². The predicted molar refractivity (Wildman–Crippen MR) is 107 cm³/mol. The van der Waals surface area contributed by atoms with Gasteiger partial charge in [0.25, 0.3) is 0 Å². The van der Waals surface area contributed by atoms with Gasteiger partial charge in [-0.05, 0) is 51.0 Å². The van der Waals surface area contributed by atoms with Crippen molar-refractivity contribution in [3.63, 3.8) is 0 Å². The van der Waals surface area contributed by atoms with E-state index in [1.54, 1.807) is 17.0 Å². The highest BCUT2D eigenvalue weighted by Gasteiger charge is 2.17. The van der Waals surface area contributed by atoms with Crippen LogP contribution < -0.4 is 5.32 Å². The number of fused-ring (bicyclic) bond motifs is 1. The van der Waals surface area contributed by atoms with Crippen LogP contribution >= 0.6 is 0 Å². The number of aryl methyl sites for hydroxylation is 1. The standard InChI is InChI=1S/C21H24FN5/c1-6-17(18-10-23-13-25-14(18)2)16-7-8-27-20(9-16)19(11-26-27)15(3)24-12-21(4,5)22/h6-11,13,24H,3,12H2,1-2,4-5H3/b17-6-. The average Bonchev–Trinajstić information content (AvgIpc) is 3.05. The quantitative estimate of drug-likeness (QED) is 0.711. The third-order valence-electron chi connectivity index (χ3n) is 4.37. The highest BCUT2D eigenvalue weighted by Crippen LogP contribution is 2.27. The van der Waals surface area contributed by atoms with E-state index in [0.29, 0.717) is 5.70 Å². The van der Waals surface area contributed by atoms with E-state index in [0.717, 1.165) is 33.5 Å². The molecule has 0 aromatic carbocycles. The molecule has 27 heavy (non-hydrogen) atoms. The monoisotopic (exact) mass is 365 g/mol. The number of nitrogens with one attached hydrogen (secondary N) is 1. The van der Waals surface area contributed by atoms with Gasteiger partial charge in [-0.3, -0.25) is 0 Å². The molecule has 3 aromatic rings. The number of rotatable bonds is 6. The fourth-order valence-electron chi connectivity index (χ4n) is 2.93. The van der Waals surface area contributed by atoms with E-state index < -0.39 is 5.67 Å². The van der Waals surface area contributed by atoms with E-state index in [1.165, 1.54) is 13.8 Å². The third-order valence-corrected chi connectivity index (χ3v) is 4.37. The number of hydrogen-bond acceptors (Lipinski definition) is 4. The molecule has 0 fully saturated rings. The van der Waals surface area contributed by atoms with Crippen molar-refractivity contribution in [2.45, 2.75) is 33.4 Å². The van der Waals surface area contributed by atoms with Crippen molar-refractivity contribution < 1.29 is 4.39 Å². The van der Waals surface area contributed by atoms with Crippen molar-refractivity contribution in [2.75, 3.05) is 6.54 Å². The molecule has 140 valence electrons. The lowest BCUT2D eigenvalue weighted by Crippen LogP contribution is -2.29. The van der Waals surface area contributed by atoms with Gasteiger partial charge in [-0.15, -0.1) is 0 Å². The maximum absolute atomic E-state index is 13.8. The van der Waals surface area contributed by atoms with Crippen molar-refractivity contribution in [3.8, 4) is 0 Å². The SMILES string of the molecule is C=C(NCC(C)(C)F)c1cnn2ccc(/C(=C/C)c3cncnc3C)cc12. The maximum atomic E-state index is 13.8. The van der Waals surface area contributed by atoms with Gasteiger partial charge >= 0.3 is 0 Å². The fraction of sp³-hybridized carbons (Fsp3) is 0.286. The predicted octanol–water partition coefficient (Wildman–Crippen LogP) is 4.19. The minimum Gasteiger partial charge on any atom is -0.382 e. The van der Waals surface area contributed by atoms with E-state index in [2.05, 4.69) is 33.0 Å². The zero-order valence-corrected chi connectivity index (χ0v) is 16.1. The first-order chi connectivity index (χ1) is 12.8. The van der Waals surface area contributed by atoms with E-state index in [9.17, 15) is 4.39 Å². The van der Waals surface area contributed by atoms with Crippen molar-refractivity contribution in [1.82, 2.24) is 24.9 Å². The Bertz CT molecular complexity index is 1010. The van der Waals surface area contributed by atoms with Crippen LogP contribution in [-0.2, 0) is 0 Å². The van der Waals surface area contributed by atoms with Gasteiger partial charge in [0.2, 0.25) is 0 Å². The Labute approximate surface area is 158 Å². The molecule has 5 nitrogen and oxygen atoms in total. The maximum Gasteiger partial charge on any atom is 0.122 e. The summed E-state index contributed by atoms with van der Waals surface area (Å²) in [6.45, 7) is 11.3. The molecule has 1 N–H and O–H groups in total. The third kappa shape index (κ3) is 4.05. The Morgan fingerprint density at radius 1 is 1.33 bits per heavy atom. The average molecular weight is 365 g/mol. The summed E-state index contributed by atoms with van der Waals surface area (Å²) in [6.07, 6.45) is 9.07. The van der Waals surface area contributed by atoms with E-state index >= 15 is 0 Å². The molecular formula is C21H24FN5. The molecule has 3 aromatic heterocycles. The van der Waals surface area contributed by atoms with Crippen LogP contribution in [0.25, 0.3) is 16.8 Å². The summed E-state index contributed by atoms with van der Waals surface area (Å²) in [6, 6.07) is 4.06. The summed E-state index contributed by atoms with van der Waals surface area (Å²) >= 11 is 0. The molecule has 3 heterocycles. The molecule has 6 heteroatoms. The lowest BCUT2D eigenvalue weighted by atomic mass is 9.98. The molecule has 0 amide bonds. The molecule has 0 spiro atoms. The van der Waals surface area contributed by atoms with Gasteiger partial charge in [-0.25, -0.2) is 18.9 Å². The van der Waals surface area contributed by atoms with Crippen molar-refractivity contribution in [2.24, 2.45) is 0 Å². The summed E-state index contributed by atoms with van der Waals surface area (Å²) in [7, 11) is 0. The molecule has 0 saturated heterocycles. The first kappa shape index (κ1) is 18.8. The number of hydrogen-bond donors (Lipinski definition) is 1. The Kier molecular flexibility index (Phi) is 5.08. The lowest BCUT2D eigenvalue weighted by Gasteiger charge is -2.17. The smallest absolute Gasteiger partial charge is 0.122 e. The highest BCUT2D eigenvalue weighted by molar-refractivity contribution is 5.84. The van der Waals surface area contributed by atoms with Gasteiger partial charge in [-0.1, -0.05) is 12.7 Å². The minimum atomic E-state index is -1.32. The molecule has 0 radical (unpaired) electrons. The van der Waals surface area contributed by atoms with Crippen LogP contribution in [0.4, 0.5) is 4.39 Å². The lowest BCUT2D eigenvalue weighted by molar-refractivity contribution is 0.219. The first-order valence-electron chi connectivity index (χ1n) is 8.83. The second-order valence-electron chi connectivity index (χ2n) is 7.08. The zero-order chi connectivity index (χ0) is 19.6. The molecular weight excluding hydrogens is 341 g/mol. The van der Waals surface area contributed by atoms with Crippen LogP contribution in [0.1, 0.15) is 43.2 Å². The van der Waals surface area contributed by atoms with Crippen LogP contribution in [0.2, 0.25) is 0 Å². The number of alkyl halides is 1. The summed E-state index contributed by atoms with van der Waals surface area (Å²) < 4.78 is 15.6. The number of aromatic nitrogens is 4. The van der Waals surface area contributed by atoms with Gasteiger partial charge in [0.15, 0.2) is 0 Å². The molecule has 0 aliphatic rings. The van der Waals surface area contributed by atoms with Crippen molar-refractivity contribution >= 4 is 16.8 Å². The number of pyridine rings is 1. The number of nitrogens with zero attached hydrogens (tertiary/aromatic N) is 4. The summed E-state index contributed by atoms with van der Waals surface area (Å²) in [4.78, 5) is 8.45. The van der Waals surface area contributed by atoms with E-state index in [4.69, 9.17) is 0 Å². The fourth-order valence-corrected chi connectivity index (χ4v) is 2.93. The molecule has 0 unspecified atom stereocenters. The van der Waals surface area contributed by atoms with E-state index in [1.807, 2.05) is 38.4 Å². The van der Waals surface area contributed by atoms with Gasteiger partial charge in [0.05, 0.1) is 11.7 Å². The van der Waals surface area contributed by atoms with Gasteiger partial charge in [-0.2, -0.15) is 5.10 Å². The molecule has 0 aliphatic heterocycles. The number of allylic oxidation sites excluding steroid dienone is 1. The minimum absolute atomic E-state index is 0.184. The molecule has 0 bridgehead atoms. The number of halogens is 1. The molecule has 3 rings (SSSR count). The summed E-state index contributed by atoms with van der Waals surface area (Å²) in [5, 5.41) is 7.44. The Morgan fingerprint density at radius 3 is 2.78 bits per heavy atom.